The first-order valence-corrected chi connectivity index (χ1v) is 10.1. The van der Waals surface area contributed by atoms with Gasteiger partial charge in [0, 0.05) is 18.0 Å². The van der Waals surface area contributed by atoms with E-state index in [2.05, 4.69) is 25.0 Å². The molecule has 3 saturated heterocycles. The van der Waals surface area contributed by atoms with Crippen molar-refractivity contribution >= 4 is 11.7 Å². The number of likely N-dealkylation sites (N-methyl/N-ethyl adjacent to an activating group) is 1. The molecule has 0 radical (unpaired) electrons. The third-order valence-corrected chi connectivity index (χ3v) is 8.78. The standard InChI is InChI=1S/C22H29N2O4/c1-4-14-12-24(2)10-9-21-15-7-5-6-8-17(15)23-22(21,24)18(26)11-16(14)20(21,13-25)19(27)28-3/h4-8,14,16,18,23,25-26H,1,9-13H2,2-3H3/q+1/t14?,16-,18-,20?,21-,22-,24+/m0/s1. The lowest BCUT2D eigenvalue weighted by molar-refractivity contribution is -0.949. The van der Waals surface area contributed by atoms with Crippen LogP contribution in [0.25, 0.3) is 0 Å². The predicted molar refractivity (Wildman–Crippen MR) is 104 cm³/mol. The smallest absolute Gasteiger partial charge is 0.315 e. The van der Waals surface area contributed by atoms with Crippen molar-refractivity contribution in [2.75, 3.05) is 39.2 Å². The van der Waals surface area contributed by atoms with E-state index < -0.39 is 22.6 Å². The van der Waals surface area contributed by atoms with Crippen LogP contribution in [0.4, 0.5) is 5.69 Å². The van der Waals surface area contributed by atoms with Crippen molar-refractivity contribution in [2.24, 2.45) is 17.3 Å². The van der Waals surface area contributed by atoms with E-state index in [-0.39, 0.29) is 24.4 Å². The molecule has 0 amide bonds. The van der Waals surface area contributed by atoms with Gasteiger partial charge in [-0.05, 0) is 24.0 Å². The first-order chi connectivity index (χ1) is 13.4. The van der Waals surface area contributed by atoms with Gasteiger partial charge in [0.15, 0.2) is 0 Å². The molecule has 1 aliphatic carbocycles. The van der Waals surface area contributed by atoms with Crippen LogP contribution in [0.3, 0.4) is 0 Å². The van der Waals surface area contributed by atoms with E-state index in [1.807, 2.05) is 24.3 Å². The van der Waals surface area contributed by atoms with Crippen molar-refractivity contribution in [3.8, 4) is 0 Å². The molecule has 2 unspecified atom stereocenters. The minimum absolute atomic E-state index is 0.00186. The van der Waals surface area contributed by atoms with Crippen molar-refractivity contribution < 1.29 is 24.2 Å². The van der Waals surface area contributed by atoms with Gasteiger partial charge in [-0.25, -0.2) is 0 Å². The lowest BCUT2D eigenvalue weighted by Crippen LogP contribution is -2.78. The minimum Gasteiger partial charge on any atom is -0.468 e. The third-order valence-electron chi connectivity index (χ3n) is 8.78. The first-order valence-electron chi connectivity index (χ1n) is 10.1. The van der Waals surface area contributed by atoms with E-state index in [9.17, 15) is 15.0 Å². The predicted octanol–water partition coefficient (Wildman–Crippen LogP) is 1.24. The Kier molecular flexibility index (Phi) is 3.49. The molecular weight excluding hydrogens is 356 g/mol. The van der Waals surface area contributed by atoms with Gasteiger partial charge in [-0.2, -0.15) is 0 Å². The summed E-state index contributed by atoms with van der Waals surface area (Å²) in [7, 11) is 3.58. The fraction of sp³-hybridized carbons (Fsp3) is 0.591. The van der Waals surface area contributed by atoms with E-state index in [4.69, 9.17) is 4.74 Å². The number of aliphatic hydroxyl groups excluding tert-OH is 2. The number of quaternary nitrogens is 1. The number of fused-ring (bicyclic) bond motifs is 3. The molecule has 4 heterocycles. The second-order valence-electron chi connectivity index (χ2n) is 9.27. The highest BCUT2D eigenvalue weighted by molar-refractivity contribution is 5.84. The van der Waals surface area contributed by atoms with Crippen LogP contribution in [0.2, 0.25) is 0 Å². The van der Waals surface area contributed by atoms with Gasteiger partial charge in [-0.3, -0.25) is 4.79 Å². The zero-order chi connectivity index (χ0) is 19.9. The first kappa shape index (κ1) is 18.2. The summed E-state index contributed by atoms with van der Waals surface area (Å²) in [5.41, 5.74) is -0.684. The van der Waals surface area contributed by atoms with Gasteiger partial charge in [-0.15, -0.1) is 6.58 Å². The summed E-state index contributed by atoms with van der Waals surface area (Å²) in [5.74, 6) is -0.613. The van der Waals surface area contributed by atoms with Crippen LogP contribution >= 0.6 is 0 Å². The molecule has 4 aliphatic heterocycles. The SMILES string of the molecule is C=CC1C[N@@+]2(C)CC[C@@]34c5ccccc5N[C@]32[C@@H](O)C[C@@H]1C4(CO)C(=O)OC. The third kappa shape index (κ3) is 1.52. The van der Waals surface area contributed by atoms with Crippen molar-refractivity contribution in [3.63, 3.8) is 0 Å². The van der Waals surface area contributed by atoms with Gasteiger partial charge in [0.2, 0.25) is 5.66 Å². The summed E-state index contributed by atoms with van der Waals surface area (Å²) in [6.07, 6.45) is 2.40. The summed E-state index contributed by atoms with van der Waals surface area (Å²) in [4.78, 5) is 13.5. The number of aliphatic hydroxyl groups is 2. The number of nitrogens with one attached hydrogen (secondary N) is 1. The maximum absolute atomic E-state index is 13.5. The summed E-state index contributed by atoms with van der Waals surface area (Å²) >= 11 is 0. The number of benzene rings is 1. The number of para-hydroxylation sites is 1. The van der Waals surface area contributed by atoms with E-state index in [1.54, 1.807) is 0 Å². The molecule has 4 bridgehead atoms. The Hall–Kier alpha value is -1.89. The minimum atomic E-state index is -1.13. The highest BCUT2D eigenvalue weighted by atomic mass is 16.5. The van der Waals surface area contributed by atoms with Crippen LogP contribution in [0.1, 0.15) is 18.4 Å². The van der Waals surface area contributed by atoms with Crippen LogP contribution in [0, 0.1) is 17.3 Å². The van der Waals surface area contributed by atoms with Crippen LogP contribution < -0.4 is 5.32 Å². The van der Waals surface area contributed by atoms with Crippen molar-refractivity contribution in [3.05, 3.63) is 42.5 Å². The fourth-order valence-electron chi connectivity index (χ4n) is 7.88. The van der Waals surface area contributed by atoms with Crippen molar-refractivity contribution in [1.29, 1.82) is 0 Å². The number of hydrogen-bond donors (Lipinski definition) is 3. The molecule has 1 saturated carbocycles. The number of ether oxygens (including phenoxy) is 1. The molecule has 6 heteroatoms. The van der Waals surface area contributed by atoms with Gasteiger partial charge >= 0.3 is 5.97 Å². The number of hydrogen-bond acceptors (Lipinski definition) is 5. The topological polar surface area (TPSA) is 78.8 Å². The van der Waals surface area contributed by atoms with Crippen LogP contribution in [0.15, 0.2) is 36.9 Å². The number of esters is 1. The van der Waals surface area contributed by atoms with Gasteiger partial charge in [0.1, 0.15) is 11.5 Å². The molecule has 3 N–H and O–H groups in total. The van der Waals surface area contributed by atoms with Crippen LogP contribution in [-0.4, -0.2) is 66.3 Å². The summed E-state index contributed by atoms with van der Waals surface area (Å²) in [5, 5.41) is 26.2. The second kappa shape index (κ2) is 5.38. The quantitative estimate of drug-likeness (QED) is 0.415. The molecule has 0 aromatic heterocycles. The number of carbonyl (C=O) groups excluding carboxylic acids is 1. The highest BCUT2D eigenvalue weighted by Gasteiger charge is 2.88. The lowest BCUT2D eigenvalue weighted by Gasteiger charge is -2.59. The number of anilines is 1. The molecule has 6 nitrogen and oxygen atoms in total. The Morgan fingerprint density at radius 1 is 1.46 bits per heavy atom. The molecule has 4 fully saturated rings. The molecule has 28 heavy (non-hydrogen) atoms. The van der Waals surface area contributed by atoms with Crippen LogP contribution in [-0.2, 0) is 14.9 Å². The zero-order valence-electron chi connectivity index (χ0n) is 16.5. The Labute approximate surface area is 165 Å². The van der Waals surface area contributed by atoms with E-state index in [0.717, 1.165) is 24.3 Å². The highest BCUT2D eigenvalue weighted by Crippen LogP contribution is 2.74. The molecule has 7 atom stereocenters. The average Bonchev–Trinajstić information content (AvgIpc) is 3.12. The molecule has 1 aromatic rings. The maximum Gasteiger partial charge on any atom is 0.315 e. The van der Waals surface area contributed by atoms with Gasteiger partial charge < -0.3 is 24.7 Å². The number of rotatable bonds is 3. The monoisotopic (exact) mass is 385 g/mol. The van der Waals surface area contributed by atoms with E-state index in [1.165, 1.54) is 7.11 Å². The van der Waals surface area contributed by atoms with E-state index in [0.29, 0.717) is 17.3 Å². The fourth-order valence-corrected chi connectivity index (χ4v) is 7.88. The molecule has 6 rings (SSSR count). The van der Waals surface area contributed by atoms with Gasteiger partial charge in [0.25, 0.3) is 0 Å². The Morgan fingerprint density at radius 2 is 2.21 bits per heavy atom. The number of carbonyl (C=O) groups is 1. The van der Waals surface area contributed by atoms with E-state index >= 15 is 0 Å². The Bertz CT molecular complexity index is 874. The maximum atomic E-state index is 13.5. The molecule has 1 aromatic carbocycles. The normalized spacial score (nSPS) is 47.6. The second-order valence-corrected chi connectivity index (χ2v) is 9.27. The molecule has 1 spiro atoms. The van der Waals surface area contributed by atoms with Crippen molar-refractivity contribution in [2.45, 2.75) is 30.0 Å². The Morgan fingerprint density at radius 3 is 2.89 bits per heavy atom. The number of methoxy groups -OCH3 is 1. The molecular formula is C22H29N2O4+. The van der Waals surface area contributed by atoms with Gasteiger partial charge in [-0.1, -0.05) is 24.3 Å². The average molecular weight is 385 g/mol. The Balaban J connectivity index is 1.94. The summed E-state index contributed by atoms with van der Waals surface area (Å²) in [6.45, 7) is 5.33. The number of nitrogens with zero attached hydrogens (tertiary/aromatic N) is 1. The van der Waals surface area contributed by atoms with Gasteiger partial charge in [0.05, 0.1) is 39.3 Å². The summed E-state index contributed by atoms with van der Waals surface area (Å²) < 4.78 is 5.97. The van der Waals surface area contributed by atoms with Crippen molar-refractivity contribution in [1.82, 2.24) is 0 Å². The van der Waals surface area contributed by atoms with Crippen LogP contribution in [0.5, 0.6) is 0 Å². The summed E-state index contributed by atoms with van der Waals surface area (Å²) in [6, 6.07) is 8.01. The largest absolute Gasteiger partial charge is 0.468 e. The molecule has 150 valence electrons. The lowest BCUT2D eigenvalue weighted by atomic mass is 9.44. The zero-order valence-corrected chi connectivity index (χ0v) is 16.5. The molecule has 5 aliphatic rings.